The van der Waals surface area contributed by atoms with E-state index in [-0.39, 0.29) is 11.9 Å². The van der Waals surface area contributed by atoms with E-state index < -0.39 is 0 Å². The molecule has 0 aliphatic carbocycles. The second-order valence-corrected chi connectivity index (χ2v) is 2.86. The van der Waals surface area contributed by atoms with Crippen molar-refractivity contribution in [3.63, 3.8) is 0 Å². The molecule has 0 fully saturated rings. The Kier molecular flexibility index (Phi) is 3.84. The number of rotatable bonds is 4. The summed E-state index contributed by atoms with van der Waals surface area (Å²) in [5, 5.41) is 5.68. The predicted molar refractivity (Wildman–Crippen MR) is 53.8 cm³/mol. The molecule has 1 heterocycles. The number of hydrogen-bond acceptors (Lipinski definition) is 4. The van der Waals surface area contributed by atoms with Crippen molar-refractivity contribution in [2.75, 3.05) is 11.9 Å². The number of carbonyl (C=O) groups is 1. The first-order valence-electron chi connectivity index (χ1n) is 4.54. The van der Waals surface area contributed by atoms with Gasteiger partial charge in [0.1, 0.15) is 18.2 Å². The van der Waals surface area contributed by atoms with E-state index in [1.807, 2.05) is 6.92 Å². The topological polar surface area (TPSA) is 66.9 Å². The van der Waals surface area contributed by atoms with Gasteiger partial charge in [0.25, 0.3) is 0 Å². The Morgan fingerprint density at radius 1 is 1.64 bits per heavy atom. The summed E-state index contributed by atoms with van der Waals surface area (Å²) in [5.41, 5.74) is 0. The van der Waals surface area contributed by atoms with Gasteiger partial charge in [-0.1, -0.05) is 0 Å². The molecule has 76 valence electrons. The Morgan fingerprint density at radius 3 is 3.00 bits per heavy atom. The highest BCUT2D eigenvalue weighted by atomic mass is 16.2. The first-order chi connectivity index (χ1) is 6.74. The Bertz CT molecular complexity index is 288. The standard InChI is InChI=1S/C9H14N4O/c1-3-11-9(14)7(2)13-8-4-5-10-6-12-8/h4-7H,3H2,1-2H3,(H,11,14)(H,10,12,13). The molecule has 14 heavy (non-hydrogen) atoms. The molecule has 0 spiro atoms. The summed E-state index contributed by atoms with van der Waals surface area (Å²) in [6.07, 6.45) is 3.06. The molecule has 2 N–H and O–H groups in total. The van der Waals surface area contributed by atoms with Gasteiger partial charge in [-0.2, -0.15) is 0 Å². The van der Waals surface area contributed by atoms with Crippen molar-refractivity contribution in [3.8, 4) is 0 Å². The predicted octanol–water partition coefficient (Wildman–Crippen LogP) is 0.413. The fraction of sp³-hybridized carbons (Fsp3) is 0.444. The van der Waals surface area contributed by atoms with E-state index in [0.717, 1.165) is 0 Å². The van der Waals surface area contributed by atoms with Crippen LogP contribution in [-0.2, 0) is 4.79 Å². The van der Waals surface area contributed by atoms with Crippen molar-refractivity contribution in [2.24, 2.45) is 0 Å². The van der Waals surface area contributed by atoms with Crippen LogP contribution in [0.1, 0.15) is 13.8 Å². The van der Waals surface area contributed by atoms with Gasteiger partial charge in [-0.05, 0) is 19.9 Å². The van der Waals surface area contributed by atoms with Gasteiger partial charge in [-0.3, -0.25) is 4.79 Å². The average molecular weight is 194 g/mol. The average Bonchev–Trinajstić information content (AvgIpc) is 2.19. The van der Waals surface area contributed by atoms with Gasteiger partial charge in [0.2, 0.25) is 5.91 Å². The molecule has 1 aromatic heterocycles. The van der Waals surface area contributed by atoms with Gasteiger partial charge in [0.05, 0.1) is 0 Å². The number of nitrogens with zero attached hydrogens (tertiary/aromatic N) is 2. The summed E-state index contributed by atoms with van der Waals surface area (Å²) in [6.45, 7) is 4.30. The van der Waals surface area contributed by atoms with Crippen LogP contribution >= 0.6 is 0 Å². The molecule has 0 aliphatic rings. The molecule has 1 amide bonds. The van der Waals surface area contributed by atoms with Crippen LogP contribution in [0.4, 0.5) is 5.82 Å². The lowest BCUT2D eigenvalue weighted by molar-refractivity contribution is -0.121. The molecule has 0 saturated carbocycles. The van der Waals surface area contributed by atoms with E-state index in [9.17, 15) is 4.79 Å². The van der Waals surface area contributed by atoms with Crippen LogP contribution in [0.3, 0.4) is 0 Å². The number of amides is 1. The van der Waals surface area contributed by atoms with Crippen LogP contribution < -0.4 is 10.6 Å². The highest BCUT2D eigenvalue weighted by molar-refractivity contribution is 5.83. The molecule has 1 atom stereocenters. The Morgan fingerprint density at radius 2 is 2.43 bits per heavy atom. The zero-order chi connectivity index (χ0) is 10.4. The third-order valence-electron chi connectivity index (χ3n) is 1.69. The van der Waals surface area contributed by atoms with Crippen molar-refractivity contribution < 1.29 is 4.79 Å². The molecular weight excluding hydrogens is 180 g/mol. The van der Waals surface area contributed by atoms with Gasteiger partial charge in [0.15, 0.2) is 0 Å². The van der Waals surface area contributed by atoms with E-state index in [0.29, 0.717) is 12.4 Å². The lowest BCUT2D eigenvalue weighted by Crippen LogP contribution is -2.37. The van der Waals surface area contributed by atoms with Crippen LogP contribution in [0.2, 0.25) is 0 Å². The lowest BCUT2D eigenvalue weighted by atomic mass is 10.3. The van der Waals surface area contributed by atoms with E-state index in [1.165, 1.54) is 6.33 Å². The van der Waals surface area contributed by atoms with Gasteiger partial charge >= 0.3 is 0 Å². The van der Waals surface area contributed by atoms with Gasteiger partial charge in [-0.15, -0.1) is 0 Å². The molecule has 0 aromatic carbocycles. The normalized spacial score (nSPS) is 11.9. The van der Waals surface area contributed by atoms with Crippen molar-refractivity contribution in [1.29, 1.82) is 0 Å². The summed E-state index contributed by atoms with van der Waals surface area (Å²) >= 11 is 0. The van der Waals surface area contributed by atoms with E-state index >= 15 is 0 Å². The number of nitrogens with one attached hydrogen (secondary N) is 2. The number of anilines is 1. The highest BCUT2D eigenvalue weighted by Crippen LogP contribution is 2.00. The highest BCUT2D eigenvalue weighted by Gasteiger charge is 2.10. The second-order valence-electron chi connectivity index (χ2n) is 2.86. The molecule has 0 aliphatic heterocycles. The molecule has 5 heteroatoms. The molecule has 0 radical (unpaired) electrons. The molecule has 5 nitrogen and oxygen atoms in total. The minimum atomic E-state index is -0.287. The largest absolute Gasteiger partial charge is 0.359 e. The number of carbonyl (C=O) groups excluding carboxylic acids is 1. The van der Waals surface area contributed by atoms with E-state index in [2.05, 4.69) is 20.6 Å². The van der Waals surface area contributed by atoms with Crippen LogP contribution in [-0.4, -0.2) is 28.5 Å². The number of aromatic nitrogens is 2. The van der Waals surface area contributed by atoms with Crippen molar-refractivity contribution in [2.45, 2.75) is 19.9 Å². The Balaban J connectivity index is 2.49. The van der Waals surface area contributed by atoms with Crippen molar-refractivity contribution in [1.82, 2.24) is 15.3 Å². The van der Waals surface area contributed by atoms with Crippen LogP contribution in [0, 0.1) is 0 Å². The molecule has 0 saturated heterocycles. The molecule has 1 unspecified atom stereocenters. The maximum absolute atomic E-state index is 11.3. The van der Waals surface area contributed by atoms with E-state index in [4.69, 9.17) is 0 Å². The third kappa shape index (κ3) is 3.01. The summed E-state index contributed by atoms with van der Waals surface area (Å²) in [6, 6.07) is 1.43. The SMILES string of the molecule is CCNC(=O)C(C)Nc1ccncn1. The van der Waals surface area contributed by atoms with Gasteiger partial charge in [0, 0.05) is 12.7 Å². The molecule has 0 bridgehead atoms. The van der Waals surface area contributed by atoms with Crippen LogP contribution in [0.15, 0.2) is 18.6 Å². The van der Waals surface area contributed by atoms with Crippen molar-refractivity contribution in [3.05, 3.63) is 18.6 Å². The zero-order valence-electron chi connectivity index (χ0n) is 8.32. The minimum absolute atomic E-state index is 0.0360. The fourth-order valence-corrected chi connectivity index (χ4v) is 0.991. The third-order valence-corrected chi connectivity index (χ3v) is 1.69. The second kappa shape index (κ2) is 5.16. The Hall–Kier alpha value is -1.65. The van der Waals surface area contributed by atoms with Gasteiger partial charge in [-0.25, -0.2) is 9.97 Å². The molecular formula is C9H14N4O. The number of hydrogen-bond donors (Lipinski definition) is 2. The first kappa shape index (κ1) is 10.4. The van der Waals surface area contributed by atoms with Crippen molar-refractivity contribution >= 4 is 11.7 Å². The fourth-order valence-electron chi connectivity index (χ4n) is 0.991. The summed E-state index contributed by atoms with van der Waals surface area (Å²) < 4.78 is 0. The summed E-state index contributed by atoms with van der Waals surface area (Å²) in [7, 11) is 0. The number of likely N-dealkylation sites (N-methyl/N-ethyl adjacent to an activating group) is 1. The summed E-state index contributed by atoms with van der Waals surface area (Å²) in [5.74, 6) is 0.616. The maximum atomic E-state index is 11.3. The Labute approximate surface area is 83.0 Å². The maximum Gasteiger partial charge on any atom is 0.242 e. The molecule has 1 rings (SSSR count). The smallest absolute Gasteiger partial charge is 0.242 e. The van der Waals surface area contributed by atoms with Crippen LogP contribution in [0.25, 0.3) is 0 Å². The molecule has 1 aromatic rings. The minimum Gasteiger partial charge on any atom is -0.359 e. The zero-order valence-corrected chi connectivity index (χ0v) is 8.32. The van der Waals surface area contributed by atoms with E-state index in [1.54, 1.807) is 19.2 Å². The quantitative estimate of drug-likeness (QED) is 0.728. The van der Waals surface area contributed by atoms with Gasteiger partial charge < -0.3 is 10.6 Å². The van der Waals surface area contributed by atoms with Crippen LogP contribution in [0.5, 0.6) is 0 Å². The monoisotopic (exact) mass is 194 g/mol. The first-order valence-corrected chi connectivity index (χ1v) is 4.54. The summed E-state index contributed by atoms with van der Waals surface area (Å²) in [4.78, 5) is 19.1. The lowest BCUT2D eigenvalue weighted by Gasteiger charge is -2.13.